The molecule has 0 radical (unpaired) electrons. The second-order valence-electron chi connectivity index (χ2n) is 6.66. The topological polar surface area (TPSA) is 81.7 Å². The van der Waals surface area contributed by atoms with E-state index in [-0.39, 0.29) is 5.91 Å². The lowest BCUT2D eigenvalue weighted by molar-refractivity contribution is -0.125. The molecule has 1 amide bonds. The fourth-order valence-corrected chi connectivity index (χ4v) is 3.06. The van der Waals surface area contributed by atoms with E-state index in [2.05, 4.69) is 10.3 Å². The number of imidazole rings is 1. The molecule has 0 bridgehead atoms. The Morgan fingerprint density at radius 2 is 1.93 bits per heavy atom. The molecule has 2 aromatic heterocycles. The zero-order valence-electron chi connectivity index (χ0n) is 15.8. The number of amides is 1. The number of carbonyl (C=O) groups excluding carboxylic acids is 1. The number of nitrogens with one attached hydrogen (secondary N) is 1. The zero-order chi connectivity index (χ0) is 19.3. The number of carbonyl (C=O) groups is 1. The van der Waals surface area contributed by atoms with E-state index in [0.717, 1.165) is 22.8 Å². The van der Waals surface area contributed by atoms with Crippen LogP contribution in [0.1, 0.15) is 32.4 Å². The molecule has 3 N–H and O–H groups in total. The summed E-state index contributed by atoms with van der Waals surface area (Å²) in [5, 5.41) is 2.96. The minimum Gasteiger partial charge on any atom is -0.487 e. The van der Waals surface area contributed by atoms with E-state index in [9.17, 15) is 4.79 Å². The third-order valence-electron chi connectivity index (χ3n) is 5.14. The molecule has 0 aliphatic rings. The van der Waals surface area contributed by atoms with Gasteiger partial charge < -0.3 is 20.2 Å². The third kappa shape index (κ3) is 4.11. The highest BCUT2D eigenvalue weighted by Gasteiger charge is 2.33. The van der Waals surface area contributed by atoms with Crippen LogP contribution in [0.25, 0.3) is 5.65 Å². The van der Waals surface area contributed by atoms with Gasteiger partial charge in [-0.15, -0.1) is 0 Å². The van der Waals surface area contributed by atoms with Gasteiger partial charge in [0.15, 0.2) is 0 Å². The first kappa shape index (κ1) is 18.9. The fraction of sp³-hybridized carbons (Fsp3) is 0.333. The van der Waals surface area contributed by atoms with Gasteiger partial charge in [0.1, 0.15) is 18.0 Å². The quantitative estimate of drug-likeness (QED) is 0.638. The summed E-state index contributed by atoms with van der Waals surface area (Å²) in [5.74, 6) is 0.689. The number of rotatable bonds is 8. The average molecular weight is 366 g/mol. The second-order valence-corrected chi connectivity index (χ2v) is 6.66. The molecule has 0 aliphatic carbocycles. The lowest BCUT2D eigenvalue weighted by atomic mass is 9.81. The number of hydrogen-bond acceptors (Lipinski definition) is 4. The molecule has 0 saturated heterocycles. The number of nitrogens with zero attached hydrogens (tertiary/aromatic N) is 2. The Morgan fingerprint density at radius 3 is 2.56 bits per heavy atom. The Morgan fingerprint density at radius 1 is 1.19 bits per heavy atom. The van der Waals surface area contributed by atoms with Gasteiger partial charge in [-0.05, 0) is 49.2 Å². The molecule has 27 heavy (non-hydrogen) atoms. The first-order valence-corrected chi connectivity index (χ1v) is 9.27. The summed E-state index contributed by atoms with van der Waals surface area (Å²) in [6.45, 7) is 4.71. The maximum absolute atomic E-state index is 12.6. The van der Waals surface area contributed by atoms with Crippen molar-refractivity contribution in [1.29, 1.82) is 0 Å². The maximum Gasteiger partial charge on any atom is 0.231 e. The van der Waals surface area contributed by atoms with Crippen molar-refractivity contribution in [2.75, 3.05) is 11.9 Å². The van der Waals surface area contributed by atoms with Gasteiger partial charge in [0.25, 0.3) is 0 Å². The third-order valence-corrected chi connectivity index (χ3v) is 5.14. The highest BCUT2D eigenvalue weighted by molar-refractivity contribution is 5.95. The first-order chi connectivity index (χ1) is 13.1. The maximum atomic E-state index is 12.6. The predicted octanol–water partition coefficient (Wildman–Crippen LogP) is 3.62. The van der Waals surface area contributed by atoms with Crippen molar-refractivity contribution < 1.29 is 9.53 Å². The van der Waals surface area contributed by atoms with Gasteiger partial charge in [-0.3, -0.25) is 4.79 Å². The van der Waals surface area contributed by atoms with E-state index in [1.54, 1.807) is 0 Å². The monoisotopic (exact) mass is 366 g/mol. The minimum absolute atomic E-state index is 0.0339. The molecular weight excluding hydrogens is 340 g/mol. The Bertz CT molecular complexity index is 857. The van der Waals surface area contributed by atoms with Crippen LogP contribution < -0.4 is 15.8 Å². The summed E-state index contributed by atoms with van der Waals surface area (Å²) in [5.41, 5.74) is 7.81. The van der Waals surface area contributed by atoms with Crippen LogP contribution in [0.15, 0.2) is 54.9 Å². The molecule has 3 rings (SSSR count). The molecule has 0 aliphatic heterocycles. The summed E-state index contributed by atoms with van der Waals surface area (Å²) in [6, 6.07) is 13.2. The van der Waals surface area contributed by atoms with Crippen LogP contribution in [0.4, 0.5) is 5.69 Å². The molecule has 2 heterocycles. The van der Waals surface area contributed by atoms with Crippen LogP contribution in [0, 0.1) is 5.41 Å². The molecule has 0 fully saturated rings. The minimum atomic E-state index is -0.516. The Labute approximate surface area is 159 Å². The van der Waals surface area contributed by atoms with Crippen LogP contribution in [-0.2, 0) is 11.4 Å². The summed E-state index contributed by atoms with van der Waals surface area (Å²) >= 11 is 0. The highest BCUT2D eigenvalue weighted by atomic mass is 16.5. The number of hydrogen-bond donors (Lipinski definition) is 2. The SMILES string of the molecule is CCC(CC)(CN)C(=O)Nc1ccc(OCc2cn3ccccc3n2)cc1. The highest BCUT2D eigenvalue weighted by Crippen LogP contribution is 2.27. The Kier molecular flexibility index (Phi) is 5.76. The Balaban J connectivity index is 1.60. The molecule has 6 heteroatoms. The van der Waals surface area contributed by atoms with Crippen molar-refractivity contribution in [3.05, 3.63) is 60.6 Å². The van der Waals surface area contributed by atoms with Crippen LogP contribution in [-0.4, -0.2) is 21.8 Å². The summed E-state index contributed by atoms with van der Waals surface area (Å²) < 4.78 is 7.76. The molecule has 0 atom stereocenters. The van der Waals surface area contributed by atoms with Crippen LogP contribution in [0.3, 0.4) is 0 Å². The molecular formula is C21H26N4O2. The van der Waals surface area contributed by atoms with E-state index in [0.29, 0.717) is 26.0 Å². The lowest BCUT2D eigenvalue weighted by Gasteiger charge is -2.28. The largest absolute Gasteiger partial charge is 0.487 e. The van der Waals surface area contributed by atoms with E-state index >= 15 is 0 Å². The van der Waals surface area contributed by atoms with Crippen molar-refractivity contribution in [2.24, 2.45) is 11.1 Å². The van der Waals surface area contributed by atoms with Gasteiger partial charge in [0.05, 0.1) is 11.1 Å². The molecule has 0 spiro atoms. The van der Waals surface area contributed by atoms with E-state index in [4.69, 9.17) is 10.5 Å². The number of anilines is 1. The van der Waals surface area contributed by atoms with Crippen molar-refractivity contribution in [3.63, 3.8) is 0 Å². The Hall–Kier alpha value is -2.86. The lowest BCUT2D eigenvalue weighted by Crippen LogP contribution is -2.41. The number of aromatic nitrogens is 2. The number of benzene rings is 1. The van der Waals surface area contributed by atoms with Crippen LogP contribution in [0.5, 0.6) is 5.75 Å². The standard InChI is InChI=1S/C21H26N4O2/c1-3-21(4-2,15-22)20(26)24-16-8-10-18(11-9-16)27-14-17-13-25-12-6-5-7-19(25)23-17/h5-13H,3-4,14-15,22H2,1-2H3,(H,24,26). The molecule has 0 unspecified atom stereocenters. The summed E-state index contributed by atoms with van der Waals surface area (Å²) in [7, 11) is 0. The van der Waals surface area contributed by atoms with Crippen molar-refractivity contribution in [2.45, 2.75) is 33.3 Å². The molecule has 6 nitrogen and oxygen atoms in total. The van der Waals surface area contributed by atoms with Gasteiger partial charge in [0, 0.05) is 24.6 Å². The number of pyridine rings is 1. The van der Waals surface area contributed by atoms with E-state index in [1.165, 1.54) is 0 Å². The van der Waals surface area contributed by atoms with Gasteiger partial charge in [-0.1, -0.05) is 19.9 Å². The van der Waals surface area contributed by atoms with Gasteiger partial charge in [0.2, 0.25) is 5.91 Å². The molecule has 142 valence electrons. The van der Waals surface area contributed by atoms with Gasteiger partial charge in [-0.2, -0.15) is 0 Å². The van der Waals surface area contributed by atoms with Crippen molar-refractivity contribution in [3.8, 4) is 5.75 Å². The number of fused-ring (bicyclic) bond motifs is 1. The average Bonchev–Trinajstić information content (AvgIpc) is 3.12. The smallest absolute Gasteiger partial charge is 0.231 e. The predicted molar refractivity (Wildman–Crippen MR) is 107 cm³/mol. The summed E-state index contributed by atoms with van der Waals surface area (Å²) in [4.78, 5) is 17.1. The second kappa shape index (κ2) is 8.22. The molecule has 1 aromatic carbocycles. The van der Waals surface area contributed by atoms with Crippen LogP contribution >= 0.6 is 0 Å². The van der Waals surface area contributed by atoms with E-state index < -0.39 is 5.41 Å². The first-order valence-electron chi connectivity index (χ1n) is 9.27. The number of nitrogens with two attached hydrogens (primary N) is 1. The van der Waals surface area contributed by atoms with Crippen molar-refractivity contribution in [1.82, 2.24) is 9.38 Å². The zero-order valence-corrected chi connectivity index (χ0v) is 15.8. The van der Waals surface area contributed by atoms with Gasteiger partial charge >= 0.3 is 0 Å². The number of ether oxygens (including phenoxy) is 1. The normalized spacial score (nSPS) is 11.5. The van der Waals surface area contributed by atoms with Crippen molar-refractivity contribution >= 4 is 17.2 Å². The fourth-order valence-electron chi connectivity index (χ4n) is 3.06. The summed E-state index contributed by atoms with van der Waals surface area (Å²) in [6.07, 6.45) is 5.33. The van der Waals surface area contributed by atoms with E-state index in [1.807, 2.05) is 73.1 Å². The van der Waals surface area contributed by atoms with Gasteiger partial charge in [-0.25, -0.2) is 4.98 Å². The van der Waals surface area contributed by atoms with Crippen LogP contribution in [0.2, 0.25) is 0 Å². The molecule has 0 saturated carbocycles. The molecule has 3 aromatic rings.